The third-order valence-electron chi connectivity index (χ3n) is 5.50. The van der Waals surface area contributed by atoms with Crippen molar-refractivity contribution in [3.63, 3.8) is 0 Å². The van der Waals surface area contributed by atoms with Gasteiger partial charge in [0.1, 0.15) is 0 Å². The second-order valence-corrected chi connectivity index (χ2v) is 9.19. The number of rotatable bonds is 16. The van der Waals surface area contributed by atoms with Gasteiger partial charge in [-0.3, -0.25) is 24.0 Å². The van der Waals surface area contributed by atoms with E-state index in [-0.39, 0.29) is 55.5 Å². The molecule has 0 aliphatic carbocycles. The van der Waals surface area contributed by atoms with E-state index in [1.165, 1.54) is 36.9 Å². The SMILES string of the molecule is CCOC(=O)/C=C/CC[C@H](NC(C)=O)C(=O)Cc1cccn(CC(=O)C[C@@H](CC(C)C)C(=O)OC)c1=O. The minimum Gasteiger partial charge on any atom is -0.469 e. The summed E-state index contributed by atoms with van der Waals surface area (Å²) in [6.07, 6.45) is 5.04. The summed E-state index contributed by atoms with van der Waals surface area (Å²) >= 11 is 0. The molecule has 204 valence electrons. The maximum Gasteiger partial charge on any atom is 0.330 e. The summed E-state index contributed by atoms with van der Waals surface area (Å²) in [6.45, 7) is 6.88. The molecule has 1 heterocycles. The first kappa shape index (κ1) is 31.5. The maximum atomic E-state index is 13.0. The van der Waals surface area contributed by atoms with Crippen LogP contribution >= 0.6 is 0 Å². The molecule has 10 heteroatoms. The summed E-state index contributed by atoms with van der Waals surface area (Å²) in [5.41, 5.74) is -0.309. The highest BCUT2D eigenvalue weighted by molar-refractivity contribution is 5.90. The lowest BCUT2D eigenvalue weighted by Crippen LogP contribution is -2.41. The first-order valence-electron chi connectivity index (χ1n) is 12.4. The third kappa shape index (κ3) is 11.8. The van der Waals surface area contributed by atoms with E-state index in [1.54, 1.807) is 19.1 Å². The highest BCUT2D eigenvalue weighted by Gasteiger charge is 2.25. The predicted octanol–water partition coefficient (Wildman–Crippen LogP) is 2.16. The Morgan fingerprint density at radius 2 is 1.86 bits per heavy atom. The molecule has 0 spiro atoms. The first-order valence-corrected chi connectivity index (χ1v) is 12.4. The van der Waals surface area contributed by atoms with Crippen molar-refractivity contribution in [1.82, 2.24) is 9.88 Å². The molecule has 0 fully saturated rings. The van der Waals surface area contributed by atoms with Gasteiger partial charge in [-0.05, 0) is 38.2 Å². The fraction of sp³-hybridized carbons (Fsp3) is 0.556. The number of carbonyl (C=O) groups is 5. The number of amides is 1. The van der Waals surface area contributed by atoms with Crippen LogP contribution in [0.25, 0.3) is 0 Å². The molecule has 1 aromatic heterocycles. The quantitative estimate of drug-likeness (QED) is 0.260. The van der Waals surface area contributed by atoms with Crippen LogP contribution in [0, 0.1) is 11.8 Å². The number of methoxy groups -OCH3 is 1. The molecule has 0 bridgehead atoms. The molecule has 10 nitrogen and oxygen atoms in total. The van der Waals surface area contributed by atoms with E-state index in [0.717, 1.165) is 0 Å². The first-order chi connectivity index (χ1) is 17.5. The van der Waals surface area contributed by atoms with Crippen LogP contribution in [-0.4, -0.2) is 53.7 Å². The van der Waals surface area contributed by atoms with Gasteiger partial charge in [0.2, 0.25) is 5.91 Å². The second-order valence-electron chi connectivity index (χ2n) is 9.19. The lowest BCUT2D eigenvalue weighted by molar-refractivity contribution is -0.147. The van der Waals surface area contributed by atoms with Gasteiger partial charge in [0, 0.05) is 37.6 Å². The van der Waals surface area contributed by atoms with Crippen LogP contribution in [0.2, 0.25) is 0 Å². The summed E-state index contributed by atoms with van der Waals surface area (Å²) in [5, 5.41) is 2.59. The molecular weight excluding hydrogens is 480 g/mol. The molecule has 0 saturated carbocycles. The Labute approximate surface area is 217 Å². The molecule has 0 aliphatic heterocycles. The van der Waals surface area contributed by atoms with E-state index < -0.39 is 35.4 Å². The van der Waals surface area contributed by atoms with Gasteiger partial charge in [-0.2, -0.15) is 0 Å². The van der Waals surface area contributed by atoms with Gasteiger partial charge in [-0.25, -0.2) is 4.79 Å². The van der Waals surface area contributed by atoms with E-state index in [2.05, 4.69) is 5.32 Å². The molecule has 1 N–H and O–H groups in total. The Morgan fingerprint density at radius 3 is 2.46 bits per heavy atom. The molecule has 2 atom stereocenters. The van der Waals surface area contributed by atoms with Crippen LogP contribution in [0.1, 0.15) is 58.9 Å². The standard InChI is InChI=1S/C27H38N2O8/c1-6-37-25(33)12-8-7-11-23(28-19(4)30)24(32)16-20-10-9-13-29(26(20)34)17-22(31)15-21(14-18(2)3)27(35)36-5/h8-10,12-13,18,21,23H,6-7,11,14-17H2,1-5H3,(H,28,30)/b12-8+/t21-,23+/m1/s1. The molecule has 37 heavy (non-hydrogen) atoms. The monoisotopic (exact) mass is 518 g/mol. The fourth-order valence-corrected chi connectivity index (χ4v) is 3.88. The Hall–Kier alpha value is -3.56. The lowest BCUT2D eigenvalue weighted by atomic mass is 9.92. The number of ether oxygens (including phenoxy) is 2. The van der Waals surface area contributed by atoms with Crippen molar-refractivity contribution < 1.29 is 33.4 Å². The van der Waals surface area contributed by atoms with Crippen LogP contribution < -0.4 is 10.9 Å². The summed E-state index contributed by atoms with van der Waals surface area (Å²) in [6, 6.07) is 2.22. The van der Waals surface area contributed by atoms with Crippen LogP contribution in [-0.2, 0) is 46.4 Å². The summed E-state index contributed by atoms with van der Waals surface area (Å²) < 4.78 is 10.8. The number of ketones is 2. The lowest BCUT2D eigenvalue weighted by Gasteiger charge is -2.17. The van der Waals surface area contributed by atoms with Crippen molar-refractivity contribution in [2.75, 3.05) is 13.7 Å². The number of carbonyl (C=O) groups excluding carboxylic acids is 5. The number of esters is 2. The summed E-state index contributed by atoms with van der Waals surface area (Å²) in [5.74, 6) is -2.43. The molecule has 1 amide bonds. The fourth-order valence-electron chi connectivity index (χ4n) is 3.88. The molecule has 0 aromatic carbocycles. The predicted molar refractivity (Wildman–Crippen MR) is 137 cm³/mol. The maximum absolute atomic E-state index is 13.0. The van der Waals surface area contributed by atoms with Crippen molar-refractivity contribution in [1.29, 1.82) is 0 Å². The molecule has 0 radical (unpaired) electrons. The Morgan fingerprint density at radius 1 is 1.16 bits per heavy atom. The van der Waals surface area contributed by atoms with Crippen LogP contribution in [0.4, 0.5) is 0 Å². The number of hydrogen-bond donors (Lipinski definition) is 1. The van der Waals surface area contributed by atoms with E-state index in [9.17, 15) is 28.8 Å². The second kappa shape index (κ2) is 16.2. The summed E-state index contributed by atoms with van der Waals surface area (Å²) in [7, 11) is 1.27. The molecule has 0 aliphatic rings. The normalized spacial score (nSPS) is 12.7. The average molecular weight is 519 g/mol. The van der Waals surface area contributed by atoms with E-state index in [4.69, 9.17) is 9.47 Å². The Balaban J connectivity index is 2.91. The topological polar surface area (TPSA) is 138 Å². The van der Waals surface area contributed by atoms with Gasteiger partial charge in [-0.1, -0.05) is 26.0 Å². The Kier molecular flexibility index (Phi) is 13.8. The molecule has 1 aromatic rings. The number of nitrogens with zero attached hydrogens (tertiary/aromatic N) is 1. The van der Waals surface area contributed by atoms with Gasteiger partial charge in [0.25, 0.3) is 5.56 Å². The van der Waals surface area contributed by atoms with Crippen molar-refractivity contribution in [2.45, 2.75) is 72.4 Å². The number of allylic oxidation sites excluding steroid dienone is 1. The van der Waals surface area contributed by atoms with E-state index in [1.807, 2.05) is 13.8 Å². The minimum absolute atomic E-state index is 0.0512. The highest BCUT2D eigenvalue weighted by atomic mass is 16.5. The Bertz CT molecular complexity index is 1040. The number of nitrogens with one attached hydrogen (secondary N) is 1. The molecule has 1 rings (SSSR count). The van der Waals surface area contributed by atoms with E-state index >= 15 is 0 Å². The van der Waals surface area contributed by atoms with Crippen molar-refractivity contribution in [3.05, 3.63) is 46.4 Å². The number of aromatic nitrogens is 1. The van der Waals surface area contributed by atoms with Crippen LogP contribution in [0.15, 0.2) is 35.3 Å². The zero-order valence-corrected chi connectivity index (χ0v) is 22.3. The van der Waals surface area contributed by atoms with Crippen LogP contribution in [0.3, 0.4) is 0 Å². The minimum atomic E-state index is -0.851. The largest absolute Gasteiger partial charge is 0.469 e. The van der Waals surface area contributed by atoms with Gasteiger partial charge in [0.05, 0.1) is 32.2 Å². The molecular formula is C27H38N2O8. The van der Waals surface area contributed by atoms with Gasteiger partial charge >= 0.3 is 11.9 Å². The molecule has 0 unspecified atom stereocenters. The number of hydrogen-bond acceptors (Lipinski definition) is 8. The number of Topliss-reactive ketones (excluding diaryl/α,β-unsaturated/α-hetero) is 2. The van der Waals surface area contributed by atoms with Crippen molar-refractivity contribution in [3.8, 4) is 0 Å². The van der Waals surface area contributed by atoms with Crippen molar-refractivity contribution in [2.24, 2.45) is 11.8 Å². The van der Waals surface area contributed by atoms with Gasteiger partial charge in [0.15, 0.2) is 11.6 Å². The zero-order valence-electron chi connectivity index (χ0n) is 22.3. The third-order valence-corrected chi connectivity index (χ3v) is 5.50. The van der Waals surface area contributed by atoms with Gasteiger partial charge in [-0.15, -0.1) is 0 Å². The molecule has 0 saturated heterocycles. The van der Waals surface area contributed by atoms with Gasteiger partial charge < -0.3 is 19.4 Å². The van der Waals surface area contributed by atoms with E-state index in [0.29, 0.717) is 12.8 Å². The number of pyridine rings is 1. The highest BCUT2D eigenvalue weighted by Crippen LogP contribution is 2.18. The van der Waals surface area contributed by atoms with Crippen LogP contribution in [0.5, 0.6) is 0 Å². The summed E-state index contributed by atoms with van der Waals surface area (Å²) in [4.78, 5) is 73.6. The zero-order chi connectivity index (χ0) is 28.0. The smallest absolute Gasteiger partial charge is 0.330 e. The van der Waals surface area contributed by atoms with Crippen molar-refractivity contribution >= 4 is 29.4 Å². The average Bonchev–Trinajstić information content (AvgIpc) is 2.82.